The van der Waals surface area contributed by atoms with Gasteiger partial charge in [-0.25, -0.2) is 4.39 Å². The van der Waals surface area contributed by atoms with Gasteiger partial charge in [-0.05, 0) is 43.4 Å². The van der Waals surface area contributed by atoms with Gasteiger partial charge in [0, 0.05) is 12.1 Å². The smallest absolute Gasteiger partial charge is 0.250 e. The highest BCUT2D eigenvalue weighted by molar-refractivity contribution is 5.96. The first-order valence-corrected chi connectivity index (χ1v) is 11.0. The topological polar surface area (TPSA) is 40.6 Å². The van der Waals surface area contributed by atoms with E-state index in [4.69, 9.17) is 0 Å². The van der Waals surface area contributed by atoms with Crippen molar-refractivity contribution in [3.05, 3.63) is 35.6 Å². The minimum absolute atomic E-state index is 0.0279. The van der Waals surface area contributed by atoms with Crippen molar-refractivity contribution in [2.45, 2.75) is 88.8 Å². The summed E-state index contributed by atoms with van der Waals surface area (Å²) in [6.45, 7) is 0.206. The maximum atomic E-state index is 13.6. The van der Waals surface area contributed by atoms with Gasteiger partial charge < -0.3 is 9.80 Å². The third-order valence-corrected chi connectivity index (χ3v) is 6.81. The van der Waals surface area contributed by atoms with E-state index in [1.165, 1.54) is 31.4 Å². The minimum Gasteiger partial charge on any atom is -0.328 e. The molecule has 0 N–H and O–H groups in total. The van der Waals surface area contributed by atoms with Crippen molar-refractivity contribution < 1.29 is 14.0 Å². The lowest BCUT2D eigenvalue weighted by molar-refractivity contribution is -0.161. The first-order valence-electron chi connectivity index (χ1n) is 11.0. The van der Waals surface area contributed by atoms with Crippen molar-refractivity contribution in [1.29, 1.82) is 0 Å². The number of piperazine rings is 1. The van der Waals surface area contributed by atoms with E-state index >= 15 is 0 Å². The molecule has 1 aromatic rings. The molecule has 28 heavy (non-hydrogen) atoms. The molecular weight excluding hydrogens is 355 g/mol. The minimum atomic E-state index is -0.605. The fourth-order valence-corrected chi connectivity index (χ4v) is 5.33. The van der Waals surface area contributed by atoms with Gasteiger partial charge in [0.05, 0.1) is 0 Å². The summed E-state index contributed by atoms with van der Waals surface area (Å²) in [5.74, 6) is -0.227. The molecule has 1 atom stereocenters. The molecule has 3 fully saturated rings. The lowest BCUT2D eigenvalue weighted by Gasteiger charge is -2.46. The molecule has 0 spiro atoms. The Labute approximate surface area is 167 Å². The van der Waals surface area contributed by atoms with Crippen LogP contribution in [0.5, 0.6) is 0 Å². The van der Waals surface area contributed by atoms with Crippen LogP contribution < -0.4 is 0 Å². The maximum absolute atomic E-state index is 13.6. The molecule has 0 bridgehead atoms. The van der Waals surface area contributed by atoms with Gasteiger partial charge in [0.1, 0.15) is 18.4 Å². The van der Waals surface area contributed by atoms with Crippen LogP contribution in [0.4, 0.5) is 4.39 Å². The third-order valence-electron chi connectivity index (χ3n) is 6.81. The fourth-order valence-electron chi connectivity index (χ4n) is 5.33. The van der Waals surface area contributed by atoms with Crippen LogP contribution in [0.15, 0.2) is 24.3 Å². The molecule has 152 valence electrons. The average Bonchev–Trinajstić information content (AvgIpc) is 3.19. The summed E-state index contributed by atoms with van der Waals surface area (Å²) in [5, 5.41) is 0. The number of amides is 2. The monoisotopic (exact) mass is 386 g/mol. The number of nitrogens with zero attached hydrogens (tertiary/aromatic N) is 2. The van der Waals surface area contributed by atoms with Crippen LogP contribution in [0.25, 0.3) is 0 Å². The number of rotatable bonds is 3. The summed E-state index contributed by atoms with van der Waals surface area (Å²) in [7, 11) is 0. The van der Waals surface area contributed by atoms with E-state index in [0.717, 1.165) is 56.9 Å². The second-order valence-electron chi connectivity index (χ2n) is 8.66. The van der Waals surface area contributed by atoms with Crippen LogP contribution in [-0.4, -0.2) is 40.2 Å². The predicted octanol–water partition coefficient (Wildman–Crippen LogP) is 4.59. The Hall–Kier alpha value is -1.91. The number of halogens is 1. The summed E-state index contributed by atoms with van der Waals surface area (Å²) in [6.07, 6.45) is 12.0. The van der Waals surface area contributed by atoms with Crippen LogP contribution >= 0.6 is 0 Å². The van der Waals surface area contributed by atoms with E-state index < -0.39 is 6.04 Å². The number of carbonyl (C=O) groups is 2. The lowest BCUT2D eigenvalue weighted by atomic mass is 9.91. The molecule has 3 aliphatic rings. The van der Waals surface area contributed by atoms with E-state index in [-0.39, 0.29) is 36.3 Å². The standard InChI is InChI=1S/C23H31FN2O2/c24-18-14-12-17(13-15-18)22-23(28)25(19-8-6-7-9-19)16-21(27)26(22)20-10-4-2-1-3-5-11-20/h12-15,19-20,22H,1-11,16H2. The van der Waals surface area contributed by atoms with Gasteiger partial charge in [-0.15, -0.1) is 0 Å². The Balaban J connectivity index is 1.66. The van der Waals surface area contributed by atoms with Crippen LogP contribution in [0.3, 0.4) is 0 Å². The predicted molar refractivity (Wildman–Crippen MR) is 106 cm³/mol. The zero-order valence-electron chi connectivity index (χ0n) is 16.6. The van der Waals surface area contributed by atoms with Gasteiger partial charge in [-0.3, -0.25) is 9.59 Å². The summed E-state index contributed by atoms with van der Waals surface area (Å²) >= 11 is 0. The number of hydrogen-bond donors (Lipinski definition) is 0. The SMILES string of the molecule is O=C1C(c2ccc(F)cc2)N(C2CCCCCCC2)C(=O)CN1C1CCCC1. The second-order valence-corrected chi connectivity index (χ2v) is 8.66. The molecule has 2 saturated carbocycles. The van der Waals surface area contributed by atoms with Gasteiger partial charge in [0.25, 0.3) is 5.91 Å². The second kappa shape index (κ2) is 8.62. The first-order chi connectivity index (χ1) is 13.6. The van der Waals surface area contributed by atoms with E-state index in [2.05, 4.69) is 0 Å². The normalized spacial score (nSPS) is 25.8. The van der Waals surface area contributed by atoms with Gasteiger partial charge in [-0.1, -0.05) is 57.1 Å². The Kier molecular flexibility index (Phi) is 5.98. The molecule has 1 unspecified atom stereocenters. The largest absolute Gasteiger partial charge is 0.328 e. The highest BCUT2D eigenvalue weighted by atomic mass is 19.1. The molecule has 4 rings (SSSR count). The van der Waals surface area contributed by atoms with Crippen molar-refractivity contribution >= 4 is 11.8 Å². The number of hydrogen-bond acceptors (Lipinski definition) is 2. The summed E-state index contributed by atoms with van der Waals surface area (Å²) in [5.41, 5.74) is 0.740. The molecule has 1 aromatic carbocycles. The van der Waals surface area contributed by atoms with E-state index in [1.807, 2.05) is 9.80 Å². The Morgan fingerprint density at radius 1 is 0.750 bits per heavy atom. The Morgan fingerprint density at radius 3 is 1.93 bits per heavy atom. The molecule has 1 aliphatic heterocycles. The Bertz CT molecular complexity index is 691. The van der Waals surface area contributed by atoms with Crippen LogP contribution in [0.1, 0.15) is 82.2 Å². The highest BCUT2D eigenvalue weighted by Crippen LogP contribution is 2.36. The molecule has 2 amide bonds. The van der Waals surface area contributed by atoms with E-state index in [9.17, 15) is 14.0 Å². The molecule has 1 heterocycles. The summed E-state index contributed by atoms with van der Waals surface area (Å²) < 4.78 is 13.5. The molecule has 4 nitrogen and oxygen atoms in total. The molecule has 2 aliphatic carbocycles. The van der Waals surface area contributed by atoms with Crippen molar-refractivity contribution in [2.24, 2.45) is 0 Å². The van der Waals surface area contributed by atoms with Gasteiger partial charge >= 0.3 is 0 Å². The summed E-state index contributed by atoms with van der Waals surface area (Å²) in [6, 6.07) is 5.84. The molecule has 0 radical (unpaired) electrons. The highest BCUT2D eigenvalue weighted by Gasteiger charge is 2.45. The average molecular weight is 387 g/mol. The molecule has 0 aromatic heterocycles. The quantitative estimate of drug-likeness (QED) is 0.762. The number of carbonyl (C=O) groups excluding carboxylic acids is 2. The van der Waals surface area contributed by atoms with Gasteiger partial charge in [0.15, 0.2) is 0 Å². The number of benzene rings is 1. The molecular formula is C23H31FN2O2. The van der Waals surface area contributed by atoms with Crippen LogP contribution in [-0.2, 0) is 9.59 Å². The van der Waals surface area contributed by atoms with Gasteiger partial charge in [0.2, 0.25) is 5.91 Å². The first kappa shape index (κ1) is 19.4. The zero-order chi connectivity index (χ0) is 19.5. The van der Waals surface area contributed by atoms with Crippen molar-refractivity contribution in [3.63, 3.8) is 0 Å². The Morgan fingerprint density at radius 2 is 1.29 bits per heavy atom. The lowest BCUT2D eigenvalue weighted by Crippen LogP contribution is -2.60. The van der Waals surface area contributed by atoms with Crippen LogP contribution in [0.2, 0.25) is 0 Å². The van der Waals surface area contributed by atoms with E-state index in [1.54, 1.807) is 12.1 Å². The fraction of sp³-hybridized carbons (Fsp3) is 0.652. The third kappa shape index (κ3) is 3.94. The van der Waals surface area contributed by atoms with E-state index in [0.29, 0.717) is 0 Å². The molecule has 5 heteroatoms. The van der Waals surface area contributed by atoms with Crippen molar-refractivity contribution in [2.75, 3.05) is 6.54 Å². The van der Waals surface area contributed by atoms with Crippen molar-refractivity contribution in [3.8, 4) is 0 Å². The summed E-state index contributed by atoms with van der Waals surface area (Å²) in [4.78, 5) is 30.6. The van der Waals surface area contributed by atoms with Crippen molar-refractivity contribution in [1.82, 2.24) is 9.80 Å². The van der Waals surface area contributed by atoms with Gasteiger partial charge in [-0.2, -0.15) is 0 Å². The van der Waals surface area contributed by atoms with Crippen LogP contribution in [0, 0.1) is 5.82 Å². The molecule has 1 saturated heterocycles. The zero-order valence-corrected chi connectivity index (χ0v) is 16.6. The maximum Gasteiger partial charge on any atom is 0.250 e.